The van der Waals surface area contributed by atoms with Gasteiger partial charge >= 0.3 is 0 Å². The standard InChI is InChI=1S/C16H19NO/c1-12(2)11-17-16(18)10-13-7-8-14-5-3-4-6-15(14)9-13/h3-9,12H,10-11H2,1-2H3,(H,17,18). The van der Waals surface area contributed by atoms with E-state index in [1.807, 2.05) is 18.2 Å². The number of hydrogen-bond acceptors (Lipinski definition) is 1. The van der Waals surface area contributed by atoms with Gasteiger partial charge < -0.3 is 5.32 Å². The second kappa shape index (κ2) is 5.67. The van der Waals surface area contributed by atoms with E-state index in [4.69, 9.17) is 0 Å². The summed E-state index contributed by atoms with van der Waals surface area (Å²) in [7, 11) is 0. The van der Waals surface area contributed by atoms with Crippen molar-refractivity contribution >= 4 is 16.7 Å². The van der Waals surface area contributed by atoms with Gasteiger partial charge in [-0.05, 0) is 22.3 Å². The molecule has 2 aromatic rings. The quantitative estimate of drug-likeness (QED) is 0.875. The fraction of sp³-hybridized carbons (Fsp3) is 0.312. The van der Waals surface area contributed by atoms with Crippen molar-refractivity contribution in [2.24, 2.45) is 5.92 Å². The first-order valence-corrected chi connectivity index (χ1v) is 6.39. The molecule has 0 unspecified atom stereocenters. The molecule has 2 heteroatoms. The first-order valence-electron chi connectivity index (χ1n) is 6.39. The Kier molecular flexibility index (Phi) is 3.98. The number of carbonyl (C=O) groups is 1. The number of carbonyl (C=O) groups excluding carboxylic acids is 1. The first kappa shape index (κ1) is 12.6. The lowest BCUT2D eigenvalue weighted by molar-refractivity contribution is -0.120. The SMILES string of the molecule is CC(C)CNC(=O)Cc1ccc2ccccc2c1. The average Bonchev–Trinajstić information content (AvgIpc) is 2.36. The van der Waals surface area contributed by atoms with Crippen LogP contribution in [-0.4, -0.2) is 12.5 Å². The third-order valence-corrected chi connectivity index (χ3v) is 2.89. The van der Waals surface area contributed by atoms with Crippen molar-refractivity contribution < 1.29 is 4.79 Å². The van der Waals surface area contributed by atoms with Gasteiger partial charge in [-0.1, -0.05) is 56.3 Å². The molecule has 18 heavy (non-hydrogen) atoms. The zero-order chi connectivity index (χ0) is 13.0. The van der Waals surface area contributed by atoms with Crippen LogP contribution in [0, 0.1) is 5.92 Å². The van der Waals surface area contributed by atoms with Crippen molar-refractivity contribution in [3.63, 3.8) is 0 Å². The van der Waals surface area contributed by atoms with Crippen LogP contribution in [0.2, 0.25) is 0 Å². The molecule has 0 heterocycles. The predicted octanol–water partition coefficient (Wildman–Crippen LogP) is 3.15. The molecule has 0 atom stereocenters. The van der Waals surface area contributed by atoms with Crippen LogP contribution in [0.25, 0.3) is 10.8 Å². The molecule has 2 aromatic carbocycles. The molecule has 0 aromatic heterocycles. The highest BCUT2D eigenvalue weighted by Gasteiger charge is 2.04. The summed E-state index contributed by atoms with van der Waals surface area (Å²) in [5.41, 5.74) is 1.06. The van der Waals surface area contributed by atoms with Gasteiger partial charge in [0.05, 0.1) is 6.42 Å². The van der Waals surface area contributed by atoms with Gasteiger partial charge in [-0.2, -0.15) is 0 Å². The number of fused-ring (bicyclic) bond motifs is 1. The van der Waals surface area contributed by atoms with Crippen LogP contribution in [-0.2, 0) is 11.2 Å². The van der Waals surface area contributed by atoms with Gasteiger partial charge in [0, 0.05) is 6.54 Å². The van der Waals surface area contributed by atoms with Gasteiger partial charge in [-0.15, -0.1) is 0 Å². The van der Waals surface area contributed by atoms with Gasteiger partial charge in [0.15, 0.2) is 0 Å². The highest BCUT2D eigenvalue weighted by molar-refractivity contribution is 5.85. The number of benzene rings is 2. The Morgan fingerprint density at radius 2 is 1.83 bits per heavy atom. The molecule has 1 amide bonds. The summed E-state index contributed by atoms with van der Waals surface area (Å²) in [5, 5.41) is 5.34. The van der Waals surface area contributed by atoms with E-state index in [2.05, 4.69) is 43.4 Å². The normalized spacial score (nSPS) is 10.8. The molecule has 0 saturated heterocycles. The average molecular weight is 241 g/mol. The fourth-order valence-electron chi connectivity index (χ4n) is 1.91. The molecule has 2 rings (SSSR count). The summed E-state index contributed by atoms with van der Waals surface area (Å²) in [6.07, 6.45) is 0.456. The highest BCUT2D eigenvalue weighted by atomic mass is 16.1. The Balaban J connectivity index is 2.05. The molecule has 1 N–H and O–H groups in total. The number of nitrogens with one attached hydrogen (secondary N) is 1. The van der Waals surface area contributed by atoms with E-state index in [1.54, 1.807) is 0 Å². The molecule has 0 aliphatic heterocycles. The maximum atomic E-state index is 11.7. The lowest BCUT2D eigenvalue weighted by Crippen LogP contribution is -2.28. The molecular weight excluding hydrogens is 222 g/mol. The van der Waals surface area contributed by atoms with Crippen molar-refractivity contribution in [2.45, 2.75) is 20.3 Å². The predicted molar refractivity (Wildman–Crippen MR) is 75.5 cm³/mol. The lowest BCUT2D eigenvalue weighted by Gasteiger charge is -2.08. The van der Waals surface area contributed by atoms with E-state index in [9.17, 15) is 4.79 Å². The van der Waals surface area contributed by atoms with Crippen molar-refractivity contribution in [2.75, 3.05) is 6.54 Å². The van der Waals surface area contributed by atoms with Crippen LogP contribution in [0.15, 0.2) is 42.5 Å². The molecular formula is C16H19NO. The molecule has 0 fully saturated rings. The first-order chi connectivity index (χ1) is 8.65. The van der Waals surface area contributed by atoms with Crippen LogP contribution in [0.4, 0.5) is 0 Å². The van der Waals surface area contributed by atoms with Gasteiger partial charge in [0.25, 0.3) is 0 Å². The van der Waals surface area contributed by atoms with E-state index in [0.29, 0.717) is 12.3 Å². The Morgan fingerprint density at radius 3 is 2.56 bits per heavy atom. The summed E-state index contributed by atoms with van der Waals surface area (Å²) in [4.78, 5) is 11.7. The molecule has 0 bridgehead atoms. The smallest absolute Gasteiger partial charge is 0.224 e. The number of hydrogen-bond donors (Lipinski definition) is 1. The van der Waals surface area contributed by atoms with Crippen molar-refractivity contribution in [3.8, 4) is 0 Å². The van der Waals surface area contributed by atoms with Gasteiger partial charge in [0.1, 0.15) is 0 Å². The Hall–Kier alpha value is -1.83. The van der Waals surface area contributed by atoms with Crippen molar-refractivity contribution in [3.05, 3.63) is 48.0 Å². The lowest BCUT2D eigenvalue weighted by atomic mass is 10.0. The van der Waals surface area contributed by atoms with Crippen LogP contribution in [0.3, 0.4) is 0 Å². The van der Waals surface area contributed by atoms with E-state index < -0.39 is 0 Å². The van der Waals surface area contributed by atoms with Gasteiger partial charge in [0.2, 0.25) is 5.91 Å². The molecule has 2 nitrogen and oxygen atoms in total. The van der Waals surface area contributed by atoms with Gasteiger partial charge in [-0.3, -0.25) is 4.79 Å². The number of amides is 1. The maximum absolute atomic E-state index is 11.7. The third-order valence-electron chi connectivity index (χ3n) is 2.89. The van der Waals surface area contributed by atoms with E-state index in [1.165, 1.54) is 10.8 Å². The molecule has 0 saturated carbocycles. The van der Waals surface area contributed by atoms with Crippen LogP contribution >= 0.6 is 0 Å². The minimum Gasteiger partial charge on any atom is -0.356 e. The van der Waals surface area contributed by atoms with Crippen molar-refractivity contribution in [1.82, 2.24) is 5.32 Å². The van der Waals surface area contributed by atoms with E-state index >= 15 is 0 Å². The van der Waals surface area contributed by atoms with E-state index in [0.717, 1.165) is 12.1 Å². The minimum absolute atomic E-state index is 0.0963. The van der Waals surface area contributed by atoms with E-state index in [-0.39, 0.29) is 5.91 Å². The Labute approximate surface area is 108 Å². The molecule has 94 valence electrons. The molecule has 0 aliphatic carbocycles. The summed E-state index contributed by atoms with van der Waals surface area (Å²) >= 11 is 0. The monoisotopic (exact) mass is 241 g/mol. The maximum Gasteiger partial charge on any atom is 0.224 e. The largest absolute Gasteiger partial charge is 0.356 e. The fourth-order valence-corrected chi connectivity index (χ4v) is 1.91. The van der Waals surface area contributed by atoms with Crippen LogP contribution in [0.5, 0.6) is 0 Å². The summed E-state index contributed by atoms with van der Waals surface area (Å²) in [6.45, 7) is 4.93. The molecule has 0 aliphatic rings. The Morgan fingerprint density at radius 1 is 1.11 bits per heavy atom. The number of rotatable bonds is 4. The van der Waals surface area contributed by atoms with Gasteiger partial charge in [-0.25, -0.2) is 0 Å². The minimum atomic E-state index is 0.0963. The summed E-state index contributed by atoms with van der Waals surface area (Å²) in [6, 6.07) is 14.4. The van der Waals surface area contributed by atoms with Crippen LogP contribution < -0.4 is 5.32 Å². The molecule has 0 radical (unpaired) electrons. The summed E-state index contributed by atoms with van der Waals surface area (Å²) in [5.74, 6) is 0.588. The second-order valence-electron chi connectivity index (χ2n) is 5.06. The Bertz CT molecular complexity index is 546. The summed E-state index contributed by atoms with van der Waals surface area (Å²) < 4.78 is 0. The highest BCUT2D eigenvalue weighted by Crippen LogP contribution is 2.15. The zero-order valence-corrected chi connectivity index (χ0v) is 10.9. The van der Waals surface area contributed by atoms with Crippen molar-refractivity contribution in [1.29, 1.82) is 0 Å². The van der Waals surface area contributed by atoms with Crippen LogP contribution in [0.1, 0.15) is 19.4 Å². The second-order valence-corrected chi connectivity index (χ2v) is 5.06. The topological polar surface area (TPSA) is 29.1 Å². The molecule has 0 spiro atoms. The third kappa shape index (κ3) is 3.33. The zero-order valence-electron chi connectivity index (χ0n) is 10.9.